The Balaban J connectivity index is 1.72. The summed E-state index contributed by atoms with van der Waals surface area (Å²) >= 11 is 0. The van der Waals surface area contributed by atoms with Gasteiger partial charge in [0.1, 0.15) is 0 Å². The lowest BCUT2D eigenvalue weighted by atomic mass is 10.00. The lowest BCUT2D eigenvalue weighted by molar-refractivity contribution is -0.696. The number of aromatic nitrogens is 3. The van der Waals surface area contributed by atoms with Gasteiger partial charge in [-0.15, -0.1) is 0 Å². The predicted octanol–water partition coefficient (Wildman–Crippen LogP) is 2.69. The molecule has 0 aliphatic heterocycles. The van der Waals surface area contributed by atoms with Crippen LogP contribution < -0.4 is 13.7 Å². The zero-order valence-corrected chi connectivity index (χ0v) is 15.4. The summed E-state index contributed by atoms with van der Waals surface area (Å²) in [6.07, 6.45) is 12.8. The van der Waals surface area contributed by atoms with Crippen molar-refractivity contribution in [3.8, 4) is 0 Å². The summed E-state index contributed by atoms with van der Waals surface area (Å²) < 4.78 is 6.70. The zero-order chi connectivity index (χ0) is 18.3. The van der Waals surface area contributed by atoms with Crippen molar-refractivity contribution in [2.45, 2.75) is 19.6 Å². The van der Waals surface area contributed by atoms with Gasteiger partial charge in [-0.25, -0.2) is 13.7 Å². The lowest BCUT2D eigenvalue weighted by Gasteiger charge is -2.10. The van der Waals surface area contributed by atoms with E-state index in [4.69, 9.17) is 0 Å². The van der Waals surface area contributed by atoms with E-state index in [0.29, 0.717) is 0 Å². The van der Waals surface area contributed by atoms with Crippen molar-refractivity contribution in [1.82, 2.24) is 0 Å². The number of rotatable bonds is 6. The molecule has 27 heavy (non-hydrogen) atoms. The minimum absolute atomic E-state index is 0.868. The quantitative estimate of drug-likeness (QED) is 0.472. The van der Waals surface area contributed by atoms with E-state index in [9.17, 15) is 0 Å². The Morgan fingerprint density at radius 1 is 0.407 bits per heavy atom. The van der Waals surface area contributed by atoms with Crippen molar-refractivity contribution in [2.24, 2.45) is 0 Å². The molecule has 1 aromatic carbocycles. The van der Waals surface area contributed by atoms with Crippen LogP contribution in [-0.2, 0) is 19.6 Å². The van der Waals surface area contributed by atoms with Crippen molar-refractivity contribution < 1.29 is 13.7 Å². The molecule has 0 saturated heterocycles. The van der Waals surface area contributed by atoms with Gasteiger partial charge in [0, 0.05) is 53.1 Å². The summed E-state index contributed by atoms with van der Waals surface area (Å²) in [7, 11) is 0. The first-order valence-electron chi connectivity index (χ1n) is 9.30. The molecule has 0 radical (unpaired) electrons. The van der Waals surface area contributed by atoms with Gasteiger partial charge < -0.3 is 0 Å². The molecule has 0 amide bonds. The van der Waals surface area contributed by atoms with Crippen LogP contribution in [0.25, 0.3) is 0 Å². The van der Waals surface area contributed by atoms with E-state index >= 15 is 0 Å². The van der Waals surface area contributed by atoms with Gasteiger partial charge in [-0.05, 0) is 0 Å². The molecule has 0 bridgehead atoms. The molecule has 0 N–H and O–H groups in total. The van der Waals surface area contributed by atoms with Gasteiger partial charge in [-0.2, -0.15) is 0 Å². The molecule has 0 saturated carbocycles. The van der Waals surface area contributed by atoms with Crippen LogP contribution in [0, 0.1) is 0 Å². The molecule has 3 heterocycles. The fourth-order valence-corrected chi connectivity index (χ4v) is 3.38. The third kappa shape index (κ3) is 4.45. The van der Waals surface area contributed by atoms with Gasteiger partial charge >= 0.3 is 0 Å². The lowest BCUT2D eigenvalue weighted by Crippen LogP contribution is -2.39. The fraction of sp³-hybridized carbons (Fsp3) is 0.125. The van der Waals surface area contributed by atoms with Crippen LogP contribution in [0.2, 0.25) is 0 Å². The minimum Gasteiger partial charge on any atom is -0.201 e. The fourth-order valence-electron chi connectivity index (χ4n) is 3.38. The van der Waals surface area contributed by atoms with Gasteiger partial charge in [-0.1, -0.05) is 36.4 Å². The summed E-state index contributed by atoms with van der Waals surface area (Å²) in [6, 6.07) is 25.3. The summed E-state index contributed by atoms with van der Waals surface area (Å²) in [5.41, 5.74) is 4.11. The number of hydrogen-bond donors (Lipinski definition) is 0. The van der Waals surface area contributed by atoms with E-state index in [2.05, 4.69) is 124 Å². The van der Waals surface area contributed by atoms with E-state index in [-0.39, 0.29) is 0 Å². The molecule has 3 heteroatoms. The molecule has 132 valence electrons. The van der Waals surface area contributed by atoms with Gasteiger partial charge in [0.25, 0.3) is 0 Å². The Morgan fingerprint density at radius 3 is 1.19 bits per heavy atom. The molecule has 0 aliphatic rings. The van der Waals surface area contributed by atoms with E-state index in [1.54, 1.807) is 0 Å². The first-order valence-corrected chi connectivity index (χ1v) is 9.30. The van der Waals surface area contributed by atoms with Crippen molar-refractivity contribution in [2.75, 3.05) is 0 Å². The van der Waals surface area contributed by atoms with Crippen molar-refractivity contribution >= 4 is 0 Å². The van der Waals surface area contributed by atoms with Crippen molar-refractivity contribution in [1.29, 1.82) is 0 Å². The highest BCUT2D eigenvalue weighted by Gasteiger charge is 2.18. The Labute approximate surface area is 160 Å². The first-order chi connectivity index (χ1) is 13.4. The predicted molar refractivity (Wildman–Crippen MR) is 104 cm³/mol. The van der Waals surface area contributed by atoms with Crippen molar-refractivity contribution in [3.05, 3.63) is 127 Å². The Bertz CT molecular complexity index is 924. The SMILES string of the molecule is c1cc[n+](Cc2cccc(C[n+]3ccccc3)c2C[n+]2ccccc2)cc1. The molecule has 0 fully saturated rings. The van der Waals surface area contributed by atoms with Crippen LogP contribution in [-0.4, -0.2) is 0 Å². The Morgan fingerprint density at radius 2 is 0.778 bits per heavy atom. The van der Waals surface area contributed by atoms with E-state index in [1.807, 2.05) is 0 Å². The van der Waals surface area contributed by atoms with Gasteiger partial charge in [-0.3, -0.25) is 0 Å². The number of nitrogens with zero attached hydrogens (tertiary/aromatic N) is 3. The second kappa shape index (κ2) is 8.37. The topological polar surface area (TPSA) is 11.6 Å². The monoisotopic (exact) mass is 354 g/mol. The average Bonchev–Trinajstić information content (AvgIpc) is 2.73. The summed E-state index contributed by atoms with van der Waals surface area (Å²) in [5, 5.41) is 0. The van der Waals surface area contributed by atoms with Gasteiger partial charge in [0.05, 0.1) is 0 Å². The molecule has 0 aliphatic carbocycles. The molecule has 0 spiro atoms. The summed E-state index contributed by atoms with van der Waals surface area (Å²) in [4.78, 5) is 0. The molecule has 3 aromatic heterocycles. The minimum atomic E-state index is 0.868. The molecule has 4 rings (SSSR count). The van der Waals surface area contributed by atoms with Crippen LogP contribution in [0.3, 0.4) is 0 Å². The maximum absolute atomic E-state index is 2.25. The van der Waals surface area contributed by atoms with Crippen molar-refractivity contribution in [3.63, 3.8) is 0 Å². The van der Waals surface area contributed by atoms with Gasteiger partial charge in [0.15, 0.2) is 56.8 Å². The van der Waals surface area contributed by atoms with Crippen LogP contribution in [0.15, 0.2) is 110 Å². The summed E-state index contributed by atoms with van der Waals surface area (Å²) in [6.45, 7) is 2.61. The Hall–Kier alpha value is -3.33. The number of benzene rings is 1. The maximum atomic E-state index is 2.25. The molecule has 0 unspecified atom stereocenters. The first kappa shape index (κ1) is 17.1. The molecule has 3 nitrogen and oxygen atoms in total. The smallest absolute Gasteiger partial charge is 0.174 e. The van der Waals surface area contributed by atoms with Gasteiger partial charge in [0.2, 0.25) is 0 Å². The third-order valence-electron chi connectivity index (χ3n) is 4.75. The number of hydrogen-bond acceptors (Lipinski definition) is 0. The largest absolute Gasteiger partial charge is 0.201 e. The van der Waals surface area contributed by atoms with Crippen LogP contribution in [0.1, 0.15) is 16.7 Å². The van der Waals surface area contributed by atoms with E-state index in [0.717, 1.165) is 19.6 Å². The highest BCUT2D eigenvalue weighted by molar-refractivity contribution is 5.34. The van der Waals surface area contributed by atoms with Crippen LogP contribution in [0.4, 0.5) is 0 Å². The van der Waals surface area contributed by atoms with Crippen LogP contribution >= 0.6 is 0 Å². The second-order valence-electron chi connectivity index (χ2n) is 6.70. The Kier molecular flexibility index (Phi) is 5.30. The highest BCUT2D eigenvalue weighted by atomic mass is 15.0. The second-order valence-corrected chi connectivity index (χ2v) is 6.70. The molecular weight excluding hydrogens is 330 g/mol. The van der Waals surface area contributed by atoms with E-state index in [1.165, 1.54) is 16.7 Å². The maximum Gasteiger partial charge on any atom is 0.174 e. The summed E-state index contributed by atoms with van der Waals surface area (Å²) in [5.74, 6) is 0. The molecule has 4 aromatic rings. The standard InChI is InChI=1S/C24H24N3/c1-4-13-25(14-5-1)19-22-11-10-12-23(20-26-15-6-2-7-16-26)24(22)21-27-17-8-3-9-18-27/h1-18H,19-21H2/q+3. The molecular formula is C24H24N3+3. The third-order valence-corrected chi connectivity index (χ3v) is 4.75. The molecule has 0 atom stereocenters. The average molecular weight is 354 g/mol. The number of pyridine rings is 3. The zero-order valence-electron chi connectivity index (χ0n) is 15.4. The highest BCUT2D eigenvalue weighted by Crippen LogP contribution is 2.15. The van der Waals surface area contributed by atoms with Crippen LogP contribution in [0.5, 0.6) is 0 Å². The normalized spacial score (nSPS) is 10.7. The van der Waals surface area contributed by atoms with E-state index < -0.39 is 0 Å².